The number of rotatable bonds is 5. The van der Waals surface area contributed by atoms with Crippen molar-refractivity contribution in [2.45, 2.75) is 25.5 Å². The predicted molar refractivity (Wildman–Crippen MR) is 71.5 cm³/mol. The van der Waals surface area contributed by atoms with E-state index in [4.69, 9.17) is 0 Å². The molecule has 2 amide bonds. The third kappa shape index (κ3) is 4.76. The molecule has 21 heavy (non-hydrogen) atoms. The summed E-state index contributed by atoms with van der Waals surface area (Å²) in [7, 11) is -3.56. The van der Waals surface area contributed by atoms with Gasteiger partial charge in [-0.25, -0.2) is 9.97 Å². The van der Waals surface area contributed by atoms with Gasteiger partial charge in [0, 0.05) is 12.5 Å². The van der Waals surface area contributed by atoms with Crippen molar-refractivity contribution >= 4 is 27.8 Å². The largest absolute Gasteiger partial charge is 0.358 e. The van der Waals surface area contributed by atoms with E-state index < -0.39 is 22.1 Å². The van der Waals surface area contributed by atoms with Gasteiger partial charge in [0.05, 0.1) is 11.9 Å². The lowest BCUT2D eigenvalue weighted by molar-refractivity contribution is -0.133. The molecule has 1 aromatic rings. The lowest BCUT2D eigenvalue weighted by atomic mass is 10.1. The summed E-state index contributed by atoms with van der Waals surface area (Å²) in [6, 6.07) is 0.913. The number of hydrogen-bond donors (Lipinski definition) is 2. The molecule has 1 aromatic heterocycles. The quantitative estimate of drug-likeness (QED) is 0.532. The molecule has 1 aliphatic rings. The summed E-state index contributed by atoms with van der Waals surface area (Å²) in [5, 5.41) is 5.09. The van der Waals surface area contributed by atoms with E-state index in [0.29, 0.717) is 17.9 Å². The number of carbonyl (C=O) groups is 2. The summed E-state index contributed by atoms with van der Waals surface area (Å²) < 4.78 is 26.5. The van der Waals surface area contributed by atoms with E-state index in [1.54, 1.807) is 0 Å². The molecular formula is C11H14N4O5S. The minimum Gasteiger partial charge on any atom is -0.358 e. The molecule has 0 aromatic carbocycles. The van der Waals surface area contributed by atoms with Gasteiger partial charge in [0.2, 0.25) is 11.8 Å². The number of carbonyl (C=O) groups excluding carboxylic acids is 2. The van der Waals surface area contributed by atoms with Gasteiger partial charge in [-0.1, -0.05) is 0 Å². The molecule has 9 nitrogen and oxygen atoms in total. The van der Waals surface area contributed by atoms with Gasteiger partial charge in [-0.05, 0) is 6.42 Å². The minimum atomic E-state index is -3.56. The van der Waals surface area contributed by atoms with Crippen LogP contribution in [0.5, 0.6) is 0 Å². The summed E-state index contributed by atoms with van der Waals surface area (Å²) in [5.74, 6) is -0.367. The molecule has 0 radical (unpaired) electrons. The molecule has 114 valence electrons. The van der Waals surface area contributed by atoms with Crippen LogP contribution in [0.2, 0.25) is 0 Å². The van der Waals surface area contributed by atoms with Crippen LogP contribution in [0.25, 0.3) is 0 Å². The monoisotopic (exact) mass is 314 g/mol. The molecule has 0 aliphatic carbocycles. The van der Waals surface area contributed by atoms with Crippen molar-refractivity contribution in [2.75, 3.05) is 11.6 Å². The molecule has 1 fully saturated rings. The standard InChI is InChI=1S/C11H14N4O5S/c1-21(18,19)20-5-7-4-9(13-6-12-7)14-8-2-3-10(16)15-11(8)17/h4,6,8H,2-3,5H2,1H3,(H,12,13,14)(H,15,16,17). The van der Waals surface area contributed by atoms with Gasteiger partial charge >= 0.3 is 0 Å². The molecule has 0 saturated carbocycles. The van der Waals surface area contributed by atoms with Crippen LogP contribution in [0.1, 0.15) is 18.5 Å². The van der Waals surface area contributed by atoms with E-state index in [2.05, 4.69) is 24.8 Å². The number of imide groups is 1. The zero-order chi connectivity index (χ0) is 15.5. The Labute approximate surface area is 121 Å². The highest BCUT2D eigenvalue weighted by Gasteiger charge is 2.26. The van der Waals surface area contributed by atoms with E-state index >= 15 is 0 Å². The average Bonchev–Trinajstić information content (AvgIpc) is 2.39. The Morgan fingerprint density at radius 2 is 2.19 bits per heavy atom. The fourth-order valence-electron chi connectivity index (χ4n) is 1.73. The lowest BCUT2D eigenvalue weighted by Gasteiger charge is -2.22. The van der Waals surface area contributed by atoms with E-state index in [1.165, 1.54) is 12.4 Å². The Morgan fingerprint density at radius 3 is 2.86 bits per heavy atom. The molecule has 10 heteroatoms. The molecular weight excluding hydrogens is 300 g/mol. The maximum Gasteiger partial charge on any atom is 0.264 e. The third-order valence-corrected chi connectivity index (χ3v) is 3.25. The van der Waals surface area contributed by atoms with Gasteiger partial charge in [-0.2, -0.15) is 8.42 Å². The second-order valence-electron chi connectivity index (χ2n) is 4.51. The number of nitrogens with zero attached hydrogens (tertiary/aromatic N) is 2. The van der Waals surface area contributed by atoms with Crippen molar-refractivity contribution < 1.29 is 22.2 Å². The van der Waals surface area contributed by atoms with Crippen LogP contribution in [-0.2, 0) is 30.5 Å². The molecule has 1 aliphatic heterocycles. The predicted octanol–water partition coefficient (Wildman–Crippen LogP) is -0.830. The Bertz CT molecular complexity index is 660. The maximum absolute atomic E-state index is 11.6. The SMILES string of the molecule is CS(=O)(=O)OCc1cc(NC2CCC(=O)NC2=O)ncn1. The Balaban J connectivity index is 2.01. The first-order valence-corrected chi connectivity index (χ1v) is 7.91. The van der Waals surface area contributed by atoms with Gasteiger partial charge in [0.15, 0.2) is 0 Å². The molecule has 2 rings (SSSR count). The van der Waals surface area contributed by atoms with Crippen LogP contribution in [0.15, 0.2) is 12.4 Å². The van der Waals surface area contributed by atoms with Crippen LogP contribution in [0.3, 0.4) is 0 Å². The highest BCUT2D eigenvalue weighted by Crippen LogP contribution is 2.12. The topological polar surface area (TPSA) is 127 Å². The van der Waals surface area contributed by atoms with Crippen LogP contribution >= 0.6 is 0 Å². The molecule has 0 bridgehead atoms. The molecule has 2 N–H and O–H groups in total. The summed E-state index contributed by atoms with van der Waals surface area (Å²) in [6.45, 7) is -0.217. The highest BCUT2D eigenvalue weighted by atomic mass is 32.2. The van der Waals surface area contributed by atoms with Gasteiger partial charge in [0.25, 0.3) is 10.1 Å². The summed E-state index contributed by atoms with van der Waals surface area (Å²) in [6.07, 6.45) is 2.79. The molecule has 1 atom stereocenters. The van der Waals surface area contributed by atoms with Crippen molar-refractivity contribution in [1.29, 1.82) is 0 Å². The smallest absolute Gasteiger partial charge is 0.264 e. The Hall–Kier alpha value is -2.07. The van der Waals surface area contributed by atoms with Gasteiger partial charge < -0.3 is 5.32 Å². The van der Waals surface area contributed by atoms with Crippen LogP contribution in [0, 0.1) is 0 Å². The number of hydrogen-bond acceptors (Lipinski definition) is 8. The van der Waals surface area contributed by atoms with Crippen molar-refractivity contribution in [1.82, 2.24) is 15.3 Å². The Kier molecular flexibility index (Phi) is 4.48. The second-order valence-corrected chi connectivity index (χ2v) is 6.15. The summed E-state index contributed by atoms with van der Waals surface area (Å²) >= 11 is 0. The number of piperidine rings is 1. The normalized spacial score (nSPS) is 19.2. The number of aromatic nitrogens is 2. The van der Waals surface area contributed by atoms with Gasteiger partial charge in [-0.3, -0.25) is 19.1 Å². The summed E-state index contributed by atoms with van der Waals surface area (Å²) in [4.78, 5) is 30.5. The van der Waals surface area contributed by atoms with Gasteiger partial charge in [-0.15, -0.1) is 0 Å². The van der Waals surface area contributed by atoms with E-state index in [0.717, 1.165) is 6.26 Å². The first kappa shape index (κ1) is 15.3. The molecule has 1 unspecified atom stereocenters. The average molecular weight is 314 g/mol. The van der Waals surface area contributed by atoms with Crippen LogP contribution in [-0.4, -0.2) is 42.5 Å². The van der Waals surface area contributed by atoms with Crippen molar-refractivity contribution in [3.63, 3.8) is 0 Å². The molecule has 2 heterocycles. The summed E-state index contributed by atoms with van der Waals surface area (Å²) in [5.41, 5.74) is 0.352. The van der Waals surface area contributed by atoms with Crippen molar-refractivity contribution in [3.05, 3.63) is 18.1 Å². The van der Waals surface area contributed by atoms with E-state index in [9.17, 15) is 18.0 Å². The van der Waals surface area contributed by atoms with Crippen molar-refractivity contribution in [2.24, 2.45) is 0 Å². The maximum atomic E-state index is 11.6. The third-order valence-electron chi connectivity index (χ3n) is 2.71. The highest BCUT2D eigenvalue weighted by molar-refractivity contribution is 7.85. The molecule has 0 spiro atoms. The fourth-order valence-corrected chi connectivity index (χ4v) is 2.07. The zero-order valence-electron chi connectivity index (χ0n) is 11.2. The number of anilines is 1. The first-order chi connectivity index (χ1) is 9.83. The number of amides is 2. The number of nitrogens with one attached hydrogen (secondary N) is 2. The lowest BCUT2D eigenvalue weighted by Crippen LogP contribution is -2.47. The van der Waals surface area contributed by atoms with E-state index in [-0.39, 0.29) is 18.9 Å². The minimum absolute atomic E-state index is 0.217. The van der Waals surface area contributed by atoms with E-state index in [1.807, 2.05) is 0 Å². The second kappa shape index (κ2) is 6.14. The van der Waals surface area contributed by atoms with Gasteiger partial charge in [0.1, 0.15) is 24.8 Å². The molecule has 1 saturated heterocycles. The Morgan fingerprint density at radius 1 is 1.43 bits per heavy atom. The first-order valence-electron chi connectivity index (χ1n) is 6.09. The van der Waals surface area contributed by atoms with Crippen molar-refractivity contribution in [3.8, 4) is 0 Å². The van der Waals surface area contributed by atoms with Crippen LogP contribution < -0.4 is 10.6 Å². The fraction of sp³-hybridized carbons (Fsp3) is 0.455. The zero-order valence-corrected chi connectivity index (χ0v) is 12.0. The van der Waals surface area contributed by atoms with Crippen LogP contribution in [0.4, 0.5) is 5.82 Å².